The zero-order chi connectivity index (χ0) is 16.4. The van der Waals surface area contributed by atoms with Crippen LogP contribution in [0.3, 0.4) is 0 Å². The summed E-state index contributed by atoms with van der Waals surface area (Å²) < 4.78 is 23.8. The van der Waals surface area contributed by atoms with Gasteiger partial charge in [0.05, 0.1) is 5.69 Å². The van der Waals surface area contributed by atoms with E-state index >= 15 is 0 Å². The van der Waals surface area contributed by atoms with Gasteiger partial charge in [0.15, 0.2) is 10.7 Å². The lowest BCUT2D eigenvalue weighted by Gasteiger charge is -2.05. The van der Waals surface area contributed by atoms with Crippen molar-refractivity contribution >= 4 is 25.1 Å². The molecule has 0 atom stereocenters. The average Bonchev–Trinajstić information content (AvgIpc) is 3.14. The van der Waals surface area contributed by atoms with Gasteiger partial charge >= 0.3 is 5.76 Å². The van der Waals surface area contributed by atoms with E-state index in [-0.39, 0.29) is 22.7 Å². The molecule has 0 saturated heterocycles. The molecule has 8 nitrogen and oxygen atoms in total. The van der Waals surface area contributed by atoms with Crippen LogP contribution in [0.5, 0.6) is 0 Å². The third-order valence-electron chi connectivity index (χ3n) is 2.87. The number of hydrogen-bond acceptors (Lipinski definition) is 8. The van der Waals surface area contributed by atoms with Crippen LogP contribution in [0.2, 0.25) is 0 Å². The summed E-state index contributed by atoms with van der Waals surface area (Å²) in [5, 5.41) is 11.6. The van der Waals surface area contributed by atoms with Gasteiger partial charge in [-0.1, -0.05) is 22.4 Å². The highest BCUT2D eigenvalue weighted by atomic mass is 32.2. The van der Waals surface area contributed by atoms with Crippen LogP contribution in [0.25, 0.3) is 17.2 Å². The third-order valence-corrected chi connectivity index (χ3v) is 3.85. The largest absolute Gasteiger partial charge is 0.446 e. The van der Waals surface area contributed by atoms with Crippen molar-refractivity contribution < 1.29 is 13.5 Å². The second-order valence-corrected chi connectivity index (χ2v) is 5.45. The second-order valence-electron chi connectivity index (χ2n) is 4.37. The molecule has 0 unspecified atom stereocenters. The SMILES string of the molecule is [B]c1cc(-n2c(-c3nonc3SCCN)noc2=O)ccc1F. The van der Waals surface area contributed by atoms with E-state index in [1.165, 1.54) is 23.9 Å². The fourth-order valence-corrected chi connectivity index (χ4v) is 2.53. The lowest BCUT2D eigenvalue weighted by atomic mass is 9.95. The highest BCUT2D eigenvalue weighted by Gasteiger charge is 2.23. The Balaban J connectivity index is 2.11. The molecular weight excluding hydrogens is 324 g/mol. The Kier molecular flexibility index (Phi) is 4.30. The number of thioether (sulfide) groups is 1. The van der Waals surface area contributed by atoms with Crippen molar-refractivity contribution in [1.29, 1.82) is 0 Å². The van der Waals surface area contributed by atoms with Gasteiger partial charge in [0.25, 0.3) is 0 Å². The summed E-state index contributed by atoms with van der Waals surface area (Å²) in [6, 6.07) is 3.80. The number of aromatic nitrogens is 4. The highest BCUT2D eigenvalue weighted by Crippen LogP contribution is 2.27. The second kappa shape index (κ2) is 6.38. The van der Waals surface area contributed by atoms with Crippen molar-refractivity contribution in [2.45, 2.75) is 5.03 Å². The summed E-state index contributed by atoms with van der Waals surface area (Å²) in [6.45, 7) is 0.428. The van der Waals surface area contributed by atoms with Crippen molar-refractivity contribution in [3.63, 3.8) is 0 Å². The van der Waals surface area contributed by atoms with Gasteiger partial charge in [0.2, 0.25) is 5.82 Å². The Bertz CT molecular complexity index is 893. The number of hydrogen-bond donors (Lipinski definition) is 1. The van der Waals surface area contributed by atoms with Crippen molar-refractivity contribution in [3.05, 3.63) is 34.6 Å². The molecule has 2 heterocycles. The monoisotopic (exact) mass is 333 g/mol. The predicted molar refractivity (Wildman–Crippen MR) is 80.5 cm³/mol. The molecule has 0 amide bonds. The maximum Gasteiger partial charge on any atom is 0.446 e. The van der Waals surface area contributed by atoms with Gasteiger partial charge in [0.1, 0.15) is 13.7 Å². The Hall–Kier alpha value is -2.40. The van der Waals surface area contributed by atoms with Gasteiger partial charge in [-0.25, -0.2) is 18.4 Å². The van der Waals surface area contributed by atoms with Gasteiger partial charge in [-0.3, -0.25) is 4.52 Å². The minimum absolute atomic E-state index is 0.0711. The number of rotatable bonds is 5. The molecular formula is C12H9BFN5O3S. The minimum atomic E-state index is -0.774. The van der Waals surface area contributed by atoms with Crippen molar-refractivity contribution in [3.8, 4) is 17.2 Å². The standard InChI is InChI=1S/C12H9BFN5O3S/c13-7-5-6(1-2-8(7)14)19-10(17-21-12(19)20)9-11(18-22-16-9)23-4-3-15/h1-2,5H,3-4,15H2. The normalized spacial score (nSPS) is 11.0. The first-order chi connectivity index (χ1) is 11.1. The number of nitrogens with two attached hydrogens (primary N) is 1. The van der Waals surface area contributed by atoms with Crippen LogP contribution in [0, 0.1) is 5.82 Å². The first-order valence-corrected chi connectivity index (χ1v) is 7.40. The Morgan fingerprint density at radius 3 is 2.91 bits per heavy atom. The predicted octanol–water partition coefficient (Wildman–Crippen LogP) is -0.141. The first-order valence-electron chi connectivity index (χ1n) is 6.41. The van der Waals surface area contributed by atoms with Crippen LogP contribution in [0.4, 0.5) is 4.39 Å². The zero-order valence-electron chi connectivity index (χ0n) is 11.6. The van der Waals surface area contributed by atoms with Crippen LogP contribution in [0.1, 0.15) is 0 Å². The molecule has 0 aliphatic rings. The molecule has 0 saturated carbocycles. The van der Waals surface area contributed by atoms with Crippen LogP contribution >= 0.6 is 11.8 Å². The molecule has 0 bridgehead atoms. The summed E-state index contributed by atoms with van der Waals surface area (Å²) in [5.41, 5.74) is 5.84. The van der Waals surface area contributed by atoms with Crippen molar-refractivity contribution in [2.24, 2.45) is 5.73 Å². The topological polar surface area (TPSA) is 113 Å². The van der Waals surface area contributed by atoms with Gasteiger partial charge in [0, 0.05) is 12.3 Å². The molecule has 0 aliphatic heterocycles. The molecule has 23 heavy (non-hydrogen) atoms. The Morgan fingerprint density at radius 1 is 1.35 bits per heavy atom. The molecule has 2 radical (unpaired) electrons. The summed E-state index contributed by atoms with van der Waals surface area (Å²) in [5.74, 6) is -0.722. The molecule has 116 valence electrons. The van der Waals surface area contributed by atoms with Gasteiger partial charge in [-0.15, -0.1) is 0 Å². The van der Waals surface area contributed by atoms with E-state index in [0.29, 0.717) is 17.3 Å². The fraction of sp³-hybridized carbons (Fsp3) is 0.167. The number of nitrogens with zero attached hydrogens (tertiary/aromatic N) is 4. The van der Waals surface area contributed by atoms with Crippen LogP contribution in [-0.4, -0.2) is 40.2 Å². The molecule has 3 rings (SSSR count). The van der Waals surface area contributed by atoms with E-state index in [2.05, 4.69) is 20.0 Å². The lowest BCUT2D eigenvalue weighted by molar-refractivity contribution is 0.299. The van der Waals surface area contributed by atoms with E-state index < -0.39 is 11.6 Å². The summed E-state index contributed by atoms with van der Waals surface area (Å²) in [7, 11) is 5.54. The minimum Gasteiger partial charge on any atom is -0.330 e. The zero-order valence-corrected chi connectivity index (χ0v) is 12.4. The Labute approximate surface area is 134 Å². The highest BCUT2D eigenvalue weighted by molar-refractivity contribution is 7.99. The molecule has 2 aromatic heterocycles. The fourth-order valence-electron chi connectivity index (χ4n) is 1.86. The van der Waals surface area contributed by atoms with Crippen LogP contribution in [-0.2, 0) is 0 Å². The smallest absolute Gasteiger partial charge is 0.330 e. The van der Waals surface area contributed by atoms with E-state index in [0.717, 1.165) is 10.6 Å². The molecule has 3 aromatic rings. The van der Waals surface area contributed by atoms with Gasteiger partial charge in [-0.2, -0.15) is 0 Å². The molecule has 0 fully saturated rings. The lowest BCUT2D eigenvalue weighted by Crippen LogP contribution is -2.17. The Morgan fingerprint density at radius 2 is 2.17 bits per heavy atom. The summed E-state index contributed by atoms with van der Waals surface area (Å²) in [4.78, 5) is 12.0. The molecule has 0 aliphatic carbocycles. The van der Waals surface area contributed by atoms with E-state index in [4.69, 9.17) is 18.2 Å². The van der Waals surface area contributed by atoms with Crippen molar-refractivity contribution in [1.82, 2.24) is 20.0 Å². The summed E-state index contributed by atoms with van der Waals surface area (Å²) >= 11 is 1.29. The van der Waals surface area contributed by atoms with Gasteiger partial charge in [-0.05, 0) is 28.5 Å². The van der Waals surface area contributed by atoms with E-state index in [1.54, 1.807) is 0 Å². The maximum absolute atomic E-state index is 13.3. The molecule has 2 N–H and O–H groups in total. The van der Waals surface area contributed by atoms with Crippen molar-refractivity contribution in [2.75, 3.05) is 12.3 Å². The average molecular weight is 333 g/mol. The maximum atomic E-state index is 13.3. The van der Waals surface area contributed by atoms with Gasteiger partial charge < -0.3 is 5.73 Å². The first kappa shape index (κ1) is 15.5. The number of halogens is 1. The quantitative estimate of drug-likeness (QED) is 0.507. The molecule has 1 aromatic carbocycles. The van der Waals surface area contributed by atoms with E-state index in [1.807, 2.05) is 0 Å². The third kappa shape index (κ3) is 2.92. The number of benzene rings is 1. The van der Waals surface area contributed by atoms with Crippen LogP contribution in [0.15, 0.2) is 37.2 Å². The summed E-state index contributed by atoms with van der Waals surface area (Å²) in [6.07, 6.45) is 0. The molecule has 0 spiro atoms. The van der Waals surface area contributed by atoms with E-state index in [9.17, 15) is 9.18 Å². The van der Waals surface area contributed by atoms with Crippen LogP contribution < -0.4 is 17.0 Å². The molecule has 11 heteroatoms.